The second-order valence-electron chi connectivity index (χ2n) is 8.31. The molecule has 2 fully saturated rings. The van der Waals surface area contributed by atoms with Crippen LogP contribution in [0.2, 0.25) is 0 Å². The standard InChI is InChI=1S/C24H22FNO2/c1-15-5-6-17(10-22(15)25)20-4-2-3-16-9-18(7-8-21(16)20)23(28)26-12-19-11-24(19,13-26)14-27/h2-10,19,27H,11-14H2,1H3/t19-,24+/m1/s1. The van der Waals surface area contributed by atoms with Crippen LogP contribution in [0.1, 0.15) is 22.3 Å². The van der Waals surface area contributed by atoms with Crippen molar-refractivity contribution < 1.29 is 14.3 Å². The molecular weight excluding hydrogens is 353 g/mol. The highest BCUT2D eigenvalue weighted by Gasteiger charge is 2.60. The van der Waals surface area contributed by atoms with Crippen LogP contribution in [0.15, 0.2) is 54.6 Å². The van der Waals surface area contributed by atoms with Gasteiger partial charge in [0.1, 0.15) is 5.82 Å². The molecule has 1 saturated heterocycles. The van der Waals surface area contributed by atoms with E-state index in [1.165, 1.54) is 0 Å². The second kappa shape index (κ2) is 6.14. The van der Waals surface area contributed by atoms with Crippen molar-refractivity contribution >= 4 is 16.7 Å². The van der Waals surface area contributed by atoms with E-state index < -0.39 is 0 Å². The zero-order valence-corrected chi connectivity index (χ0v) is 15.8. The van der Waals surface area contributed by atoms with Crippen LogP contribution in [-0.2, 0) is 0 Å². The smallest absolute Gasteiger partial charge is 0.253 e. The van der Waals surface area contributed by atoms with Crippen LogP contribution in [0.5, 0.6) is 0 Å². The van der Waals surface area contributed by atoms with E-state index in [0.29, 0.717) is 23.6 Å². The van der Waals surface area contributed by atoms with Crippen molar-refractivity contribution in [1.82, 2.24) is 4.90 Å². The van der Waals surface area contributed by atoms with Gasteiger partial charge in [-0.1, -0.05) is 36.4 Å². The molecule has 1 aliphatic carbocycles. The Labute approximate surface area is 163 Å². The number of rotatable bonds is 3. The van der Waals surface area contributed by atoms with Crippen LogP contribution in [0, 0.1) is 24.1 Å². The molecule has 0 radical (unpaired) electrons. The molecule has 142 valence electrons. The summed E-state index contributed by atoms with van der Waals surface area (Å²) in [6.45, 7) is 3.30. The Morgan fingerprint density at radius 2 is 2.07 bits per heavy atom. The average molecular weight is 375 g/mol. The number of hydrogen-bond acceptors (Lipinski definition) is 2. The van der Waals surface area contributed by atoms with Gasteiger partial charge in [-0.3, -0.25) is 4.79 Å². The summed E-state index contributed by atoms with van der Waals surface area (Å²) < 4.78 is 14.0. The lowest BCUT2D eigenvalue weighted by atomic mass is 9.96. The van der Waals surface area contributed by atoms with Crippen LogP contribution in [0.25, 0.3) is 21.9 Å². The summed E-state index contributed by atoms with van der Waals surface area (Å²) >= 11 is 0. The summed E-state index contributed by atoms with van der Waals surface area (Å²) in [5.74, 6) is 0.255. The summed E-state index contributed by atoms with van der Waals surface area (Å²) in [7, 11) is 0. The van der Waals surface area contributed by atoms with Gasteiger partial charge in [0.15, 0.2) is 0 Å². The Balaban J connectivity index is 1.49. The van der Waals surface area contributed by atoms with Gasteiger partial charge in [0.05, 0.1) is 6.61 Å². The van der Waals surface area contributed by atoms with Gasteiger partial charge in [-0.15, -0.1) is 0 Å². The van der Waals surface area contributed by atoms with Gasteiger partial charge in [0.25, 0.3) is 5.91 Å². The molecule has 1 saturated carbocycles. The summed E-state index contributed by atoms with van der Waals surface area (Å²) in [5, 5.41) is 11.6. The van der Waals surface area contributed by atoms with Gasteiger partial charge >= 0.3 is 0 Å². The fraction of sp³-hybridized carbons (Fsp3) is 0.292. The third kappa shape index (κ3) is 2.63. The maximum absolute atomic E-state index is 14.0. The quantitative estimate of drug-likeness (QED) is 0.737. The zero-order chi connectivity index (χ0) is 19.5. The molecule has 2 atom stereocenters. The lowest BCUT2D eigenvalue weighted by Gasteiger charge is -2.20. The number of piperidine rings is 1. The number of aliphatic hydroxyl groups excluding tert-OH is 1. The van der Waals surface area contributed by atoms with Crippen LogP contribution in [0.4, 0.5) is 4.39 Å². The van der Waals surface area contributed by atoms with E-state index in [2.05, 4.69) is 0 Å². The molecule has 4 heteroatoms. The topological polar surface area (TPSA) is 40.5 Å². The Morgan fingerprint density at radius 3 is 2.82 bits per heavy atom. The number of aliphatic hydroxyl groups is 1. The van der Waals surface area contributed by atoms with Crippen molar-refractivity contribution in [2.24, 2.45) is 11.3 Å². The normalized spacial score (nSPS) is 23.1. The number of carbonyl (C=O) groups is 1. The summed E-state index contributed by atoms with van der Waals surface area (Å²) in [6.07, 6.45) is 1.03. The molecule has 2 aliphatic rings. The van der Waals surface area contributed by atoms with Crippen molar-refractivity contribution in [3.05, 3.63) is 71.5 Å². The van der Waals surface area contributed by atoms with Crippen molar-refractivity contribution in [2.75, 3.05) is 19.7 Å². The molecule has 1 amide bonds. The summed E-state index contributed by atoms with van der Waals surface area (Å²) in [5.41, 5.74) is 3.03. The minimum Gasteiger partial charge on any atom is -0.396 e. The molecule has 1 aliphatic heterocycles. The minimum absolute atomic E-state index is 0.0220. The Hall–Kier alpha value is -2.72. The molecule has 3 nitrogen and oxygen atoms in total. The van der Waals surface area contributed by atoms with Gasteiger partial charge in [0, 0.05) is 24.1 Å². The summed E-state index contributed by atoms with van der Waals surface area (Å²) in [6, 6.07) is 16.9. The number of nitrogens with zero attached hydrogens (tertiary/aromatic N) is 1. The molecular formula is C24H22FNO2. The molecule has 3 aromatic rings. The number of halogens is 1. The molecule has 3 aromatic carbocycles. The van der Waals surface area contributed by atoms with Gasteiger partial charge in [-0.05, 0) is 64.9 Å². The first-order valence-electron chi connectivity index (χ1n) is 9.70. The largest absolute Gasteiger partial charge is 0.396 e. The molecule has 0 aromatic heterocycles. The molecule has 0 unspecified atom stereocenters. The van der Waals surface area contributed by atoms with Gasteiger partial charge < -0.3 is 10.0 Å². The Kier molecular flexibility index (Phi) is 3.81. The van der Waals surface area contributed by atoms with Crippen LogP contribution >= 0.6 is 0 Å². The molecule has 1 N–H and O–H groups in total. The van der Waals surface area contributed by atoms with Gasteiger partial charge in [-0.2, -0.15) is 0 Å². The first-order valence-corrected chi connectivity index (χ1v) is 9.70. The highest BCUT2D eigenvalue weighted by atomic mass is 19.1. The fourth-order valence-corrected chi connectivity index (χ4v) is 4.60. The molecule has 1 heterocycles. The third-order valence-corrected chi connectivity index (χ3v) is 6.52. The Bertz CT molecular complexity index is 1100. The number of carbonyl (C=O) groups excluding carboxylic acids is 1. The first kappa shape index (κ1) is 17.4. The molecule has 5 rings (SSSR count). The van der Waals surface area contributed by atoms with Crippen LogP contribution in [-0.4, -0.2) is 35.6 Å². The SMILES string of the molecule is Cc1ccc(-c2cccc3cc(C(=O)N4C[C@H]5C[C@@]5(CO)C4)ccc23)cc1F. The van der Waals surface area contributed by atoms with Crippen LogP contribution in [0.3, 0.4) is 0 Å². The molecule has 28 heavy (non-hydrogen) atoms. The number of fused-ring (bicyclic) bond motifs is 2. The van der Waals surface area contributed by atoms with E-state index in [1.807, 2.05) is 47.4 Å². The van der Waals surface area contributed by atoms with E-state index >= 15 is 0 Å². The second-order valence-corrected chi connectivity index (χ2v) is 8.31. The average Bonchev–Trinajstić information content (AvgIpc) is 3.28. The fourth-order valence-electron chi connectivity index (χ4n) is 4.60. The lowest BCUT2D eigenvalue weighted by molar-refractivity contribution is 0.0751. The number of hydrogen-bond donors (Lipinski definition) is 1. The van der Waals surface area contributed by atoms with E-state index in [1.54, 1.807) is 19.1 Å². The van der Waals surface area contributed by atoms with Gasteiger partial charge in [-0.25, -0.2) is 4.39 Å². The highest BCUT2D eigenvalue weighted by molar-refractivity contribution is 6.02. The van der Waals surface area contributed by atoms with Crippen molar-refractivity contribution in [3.8, 4) is 11.1 Å². The van der Waals surface area contributed by atoms with E-state index in [-0.39, 0.29) is 23.7 Å². The van der Waals surface area contributed by atoms with E-state index in [4.69, 9.17) is 0 Å². The van der Waals surface area contributed by atoms with Crippen molar-refractivity contribution in [2.45, 2.75) is 13.3 Å². The lowest BCUT2D eigenvalue weighted by Crippen LogP contribution is -2.32. The van der Waals surface area contributed by atoms with Gasteiger partial charge in [0.2, 0.25) is 0 Å². The van der Waals surface area contributed by atoms with E-state index in [0.717, 1.165) is 34.9 Å². The Morgan fingerprint density at radius 1 is 1.21 bits per heavy atom. The highest BCUT2D eigenvalue weighted by Crippen LogP contribution is 2.57. The predicted molar refractivity (Wildman–Crippen MR) is 108 cm³/mol. The summed E-state index contributed by atoms with van der Waals surface area (Å²) in [4.78, 5) is 14.8. The third-order valence-electron chi connectivity index (χ3n) is 6.52. The maximum atomic E-state index is 14.0. The number of aryl methyl sites for hydroxylation is 1. The van der Waals surface area contributed by atoms with E-state index in [9.17, 15) is 14.3 Å². The van der Waals surface area contributed by atoms with Crippen molar-refractivity contribution in [1.29, 1.82) is 0 Å². The molecule has 0 spiro atoms. The number of amides is 1. The van der Waals surface area contributed by atoms with Crippen LogP contribution < -0.4 is 0 Å². The number of likely N-dealkylation sites (tertiary alicyclic amines) is 1. The van der Waals surface area contributed by atoms with Crippen molar-refractivity contribution in [3.63, 3.8) is 0 Å². The number of benzene rings is 3. The monoisotopic (exact) mass is 375 g/mol. The predicted octanol–water partition coefficient (Wildman–Crippen LogP) is 4.41. The first-order chi connectivity index (χ1) is 13.5. The molecule has 0 bridgehead atoms. The minimum atomic E-state index is -0.216. The zero-order valence-electron chi connectivity index (χ0n) is 15.8. The maximum Gasteiger partial charge on any atom is 0.253 e.